The molecule has 1 rings (SSSR count). The lowest BCUT2D eigenvalue weighted by Gasteiger charge is -2.05. The summed E-state index contributed by atoms with van der Waals surface area (Å²) in [5, 5.41) is 9.30. The van der Waals surface area contributed by atoms with Crippen molar-refractivity contribution in [2.24, 2.45) is 0 Å². The summed E-state index contributed by atoms with van der Waals surface area (Å²) in [6, 6.07) is 5.71. The zero-order chi connectivity index (χ0) is 9.73. The maximum atomic E-state index is 9.30. The molecule has 0 aliphatic carbocycles. The Balaban J connectivity index is 2.56. The highest BCUT2D eigenvalue weighted by molar-refractivity contribution is 5.17. The molecule has 0 saturated heterocycles. The van der Waals surface area contributed by atoms with Crippen LogP contribution in [0.3, 0.4) is 0 Å². The zero-order valence-electron chi connectivity index (χ0n) is 7.91. The average molecular weight is 175 g/mol. The third kappa shape index (κ3) is 4.29. The fraction of sp³-hybridized carbons (Fsp3) is 0.364. The molecule has 1 aromatic heterocycles. The summed E-state index contributed by atoms with van der Waals surface area (Å²) in [4.78, 5) is 4.11. The number of aliphatic hydroxyl groups is 1. The summed E-state index contributed by atoms with van der Waals surface area (Å²) in [5.74, 6) is 5.62. The molecule has 0 aliphatic heterocycles. The second kappa shape index (κ2) is 4.06. The summed E-state index contributed by atoms with van der Waals surface area (Å²) in [5.41, 5.74) is 0.0219. The van der Waals surface area contributed by atoms with Crippen LogP contribution in [0.5, 0.6) is 0 Å². The van der Waals surface area contributed by atoms with E-state index in [2.05, 4.69) is 16.8 Å². The molecule has 0 aliphatic rings. The van der Waals surface area contributed by atoms with Gasteiger partial charge in [0.05, 0.1) is 12.1 Å². The van der Waals surface area contributed by atoms with Gasteiger partial charge in [-0.25, -0.2) is 0 Å². The summed E-state index contributed by atoms with van der Waals surface area (Å²) in [6.45, 7) is 3.33. The summed E-state index contributed by atoms with van der Waals surface area (Å²) >= 11 is 0. The molecule has 0 aromatic carbocycles. The average Bonchev–Trinajstić information content (AvgIpc) is 2.04. The first kappa shape index (κ1) is 9.76. The minimum atomic E-state index is -0.908. The van der Waals surface area contributed by atoms with Crippen molar-refractivity contribution in [2.45, 2.75) is 25.9 Å². The van der Waals surface area contributed by atoms with Crippen molar-refractivity contribution in [2.75, 3.05) is 0 Å². The minimum Gasteiger partial charge on any atom is -0.378 e. The summed E-state index contributed by atoms with van der Waals surface area (Å²) < 4.78 is 0. The maximum Gasteiger partial charge on any atom is 0.119 e. The highest BCUT2D eigenvalue weighted by atomic mass is 16.3. The molecule has 0 radical (unpaired) electrons. The van der Waals surface area contributed by atoms with Gasteiger partial charge < -0.3 is 5.11 Å². The van der Waals surface area contributed by atoms with Crippen LogP contribution in [0.1, 0.15) is 19.5 Å². The van der Waals surface area contributed by atoms with Crippen molar-refractivity contribution in [3.63, 3.8) is 0 Å². The molecule has 0 unspecified atom stereocenters. The van der Waals surface area contributed by atoms with Crippen LogP contribution in [0.4, 0.5) is 0 Å². The van der Waals surface area contributed by atoms with Crippen molar-refractivity contribution >= 4 is 0 Å². The molecule has 0 bridgehead atoms. The molecule has 1 heterocycles. The van der Waals surface area contributed by atoms with Gasteiger partial charge in [-0.2, -0.15) is 0 Å². The number of aromatic nitrogens is 1. The van der Waals surface area contributed by atoms with E-state index < -0.39 is 5.60 Å². The zero-order valence-corrected chi connectivity index (χ0v) is 7.91. The molecular weight excluding hydrogens is 162 g/mol. The molecule has 0 amide bonds. The Bertz CT molecular complexity index is 313. The minimum absolute atomic E-state index is 0.588. The molecule has 1 N–H and O–H groups in total. The first-order valence-electron chi connectivity index (χ1n) is 4.20. The molecule has 1 aromatic rings. The number of pyridine rings is 1. The van der Waals surface area contributed by atoms with Crippen molar-refractivity contribution in [1.29, 1.82) is 0 Å². The van der Waals surface area contributed by atoms with Crippen molar-refractivity contribution in [3.05, 3.63) is 30.1 Å². The van der Waals surface area contributed by atoms with Gasteiger partial charge in [0, 0.05) is 6.20 Å². The van der Waals surface area contributed by atoms with E-state index in [0.717, 1.165) is 5.69 Å². The third-order valence-electron chi connectivity index (χ3n) is 1.39. The monoisotopic (exact) mass is 175 g/mol. The van der Waals surface area contributed by atoms with E-state index >= 15 is 0 Å². The van der Waals surface area contributed by atoms with E-state index in [1.54, 1.807) is 20.0 Å². The van der Waals surface area contributed by atoms with Gasteiger partial charge in [-0.3, -0.25) is 4.98 Å². The second-order valence-electron chi connectivity index (χ2n) is 3.36. The van der Waals surface area contributed by atoms with Crippen LogP contribution in [0, 0.1) is 11.8 Å². The number of hydrogen-bond donors (Lipinski definition) is 1. The predicted octanol–water partition coefficient (Wildman–Crippen LogP) is 1.40. The Hall–Kier alpha value is -1.33. The van der Waals surface area contributed by atoms with Crippen LogP contribution >= 0.6 is 0 Å². The highest BCUT2D eigenvalue weighted by Crippen LogP contribution is 1.98. The normalized spacial score (nSPS) is 10.4. The Morgan fingerprint density at radius 1 is 1.46 bits per heavy atom. The smallest absolute Gasteiger partial charge is 0.119 e. The molecule has 13 heavy (non-hydrogen) atoms. The third-order valence-corrected chi connectivity index (χ3v) is 1.39. The molecule has 0 fully saturated rings. The largest absolute Gasteiger partial charge is 0.378 e. The van der Waals surface area contributed by atoms with E-state index in [0.29, 0.717) is 6.42 Å². The quantitative estimate of drug-likeness (QED) is 0.654. The lowest BCUT2D eigenvalue weighted by Crippen LogP contribution is -2.14. The fourth-order valence-electron chi connectivity index (χ4n) is 0.854. The molecule has 0 saturated carbocycles. The van der Waals surface area contributed by atoms with E-state index in [1.165, 1.54) is 0 Å². The van der Waals surface area contributed by atoms with Gasteiger partial charge in [-0.1, -0.05) is 17.9 Å². The van der Waals surface area contributed by atoms with Gasteiger partial charge in [0.15, 0.2) is 0 Å². The molecule has 2 nitrogen and oxygen atoms in total. The van der Waals surface area contributed by atoms with Crippen LogP contribution in [0.25, 0.3) is 0 Å². The van der Waals surface area contributed by atoms with Gasteiger partial charge >= 0.3 is 0 Å². The highest BCUT2D eigenvalue weighted by Gasteiger charge is 2.05. The molecule has 0 atom stereocenters. The van der Waals surface area contributed by atoms with E-state index in [4.69, 9.17) is 0 Å². The first-order valence-corrected chi connectivity index (χ1v) is 4.20. The number of hydrogen-bond acceptors (Lipinski definition) is 2. The van der Waals surface area contributed by atoms with Crippen LogP contribution < -0.4 is 0 Å². The van der Waals surface area contributed by atoms with Crippen LogP contribution in [0.15, 0.2) is 24.4 Å². The van der Waals surface area contributed by atoms with Crippen molar-refractivity contribution in [3.8, 4) is 11.8 Å². The summed E-state index contributed by atoms with van der Waals surface area (Å²) in [7, 11) is 0. The predicted molar refractivity (Wildman–Crippen MR) is 52.0 cm³/mol. The molecule has 68 valence electrons. The second-order valence-corrected chi connectivity index (χ2v) is 3.36. The lowest BCUT2D eigenvalue weighted by atomic mass is 10.1. The molecule has 0 spiro atoms. The molecular formula is C11H13NO. The van der Waals surface area contributed by atoms with Gasteiger partial charge in [0.1, 0.15) is 5.60 Å². The van der Waals surface area contributed by atoms with E-state index in [1.807, 2.05) is 18.2 Å². The topological polar surface area (TPSA) is 33.1 Å². The SMILES string of the molecule is CC(C)(O)C#CCc1ccccn1. The Morgan fingerprint density at radius 3 is 2.77 bits per heavy atom. The van der Waals surface area contributed by atoms with E-state index in [9.17, 15) is 5.11 Å². The van der Waals surface area contributed by atoms with Crippen LogP contribution in [-0.2, 0) is 6.42 Å². The maximum absolute atomic E-state index is 9.30. The van der Waals surface area contributed by atoms with Gasteiger partial charge in [-0.05, 0) is 26.0 Å². The van der Waals surface area contributed by atoms with Crippen molar-refractivity contribution < 1.29 is 5.11 Å². The van der Waals surface area contributed by atoms with Gasteiger partial charge in [-0.15, -0.1) is 0 Å². The Kier molecular flexibility index (Phi) is 3.05. The number of nitrogens with zero attached hydrogens (tertiary/aromatic N) is 1. The Labute approximate surface area is 78.6 Å². The van der Waals surface area contributed by atoms with Gasteiger partial charge in [0.25, 0.3) is 0 Å². The summed E-state index contributed by atoms with van der Waals surface area (Å²) in [6.07, 6.45) is 2.33. The fourth-order valence-corrected chi connectivity index (χ4v) is 0.854. The molecule has 2 heteroatoms. The van der Waals surface area contributed by atoms with Crippen LogP contribution in [0.2, 0.25) is 0 Å². The van der Waals surface area contributed by atoms with E-state index in [-0.39, 0.29) is 0 Å². The van der Waals surface area contributed by atoms with Gasteiger partial charge in [0.2, 0.25) is 0 Å². The van der Waals surface area contributed by atoms with Crippen LogP contribution in [-0.4, -0.2) is 15.7 Å². The Morgan fingerprint density at radius 2 is 2.23 bits per heavy atom. The lowest BCUT2D eigenvalue weighted by molar-refractivity contribution is 0.143. The number of rotatable bonds is 1. The standard InChI is InChI=1S/C11H13NO/c1-11(2,13)8-5-7-10-6-3-4-9-12-10/h3-4,6,9,13H,7H2,1-2H3. The van der Waals surface area contributed by atoms with Crippen molar-refractivity contribution in [1.82, 2.24) is 4.98 Å². The first-order chi connectivity index (χ1) is 6.08.